The van der Waals surface area contributed by atoms with Gasteiger partial charge in [-0.2, -0.15) is 0 Å². The van der Waals surface area contributed by atoms with Crippen molar-refractivity contribution < 1.29 is 4.79 Å². The van der Waals surface area contributed by atoms with Gasteiger partial charge in [0.25, 0.3) is 0 Å². The van der Waals surface area contributed by atoms with Crippen molar-refractivity contribution in [1.82, 2.24) is 15.3 Å². The van der Waals surface area contributed by atoms with E-state index in [0.717, 1.165) is 6.54 Å². The largest absolute Gasteiger partial charge is 0.358 e. The lowest BCUT2D eigenvalue weighted by atomic mass is 10.5. The van der Waals surface area contributed by atoms with E-state index >= 15 is 0 Å². The number of hydrogen-bond acceptors (Lipinski definition) is 3. The van der Waals surface area contributed by atoms with Crippen LogP contribution in [-0.4, -0.2) is 50.2 Å². The maximum Gasteiger partial charge on any atom is 0.235 e. The zero-order valence-corrected chi connectivity index (χ0v) is 7.72. The number of hydrazine groups is 1. The summed E-state index contributed by atoms with van der Waals surface area (Å²) in [5.41, 5.74) is 0. The van der Waals surface area contributed by atoms with Crippen LogP contribution in [0.1, 0.15) is 6.92 Å². The van der Waals surface area contributed by atoms with E-state index in [4.69, 9.17) is 0 Å². The molecule has 0 aromatic heterocycles. The lowest BCUT2D eigenvalue weighted by Crippen LogP contribution is -2.43. The normalized spacial score (nSPS) is 10.7. The second-order valence-corrected chi connectivity index (χ2v) is 2.50. The maximum atomic E-state index is 10.9. The number of nitrogens with zero attached hydrogens (tertiary/aromatic N) is 2. The van der Waals surface area contributed by atoms with Gasteiger partial charge in [-0.25, -0.2) is 10.0 Å². The molecule has 11 heavy (non-hydrogen) atoms. The Kier molecular flexibility index (Phi) is 4.81. The fourth-order valence-electron chi connectivity index (χ4n) is 0.781. The second-order valence-electron chi connectivity index (χ2n) is 2.50. The van der Waals surface area contributed by atoms with Gasteiger partial charge in [-0.1, -0.05) is 6.92 Å². The molecule has 4 nitrogen and oxygen atoms in total. The fourth-order valence-corrected chi connectivity index (χ4v) is 0.781. The highest BCUT2D eigenvalue weighted by Gasteiger charge is 2.08. The number of likely N-dealkylation sites (N-methyl/N-ethyl adjacent to an activating group) is 2. The summed E-state index contributed by atoms with van der Waals surface area (Å²) in [5.74, 6) is 0.0422. The van der Waals surface area contributed by atoms with Crippen LogP contribution in [0.5, 0.6) is 0 Å². The fraction of sp³-hybridized carbons (Fsp3) is 0.857. The van der Waals surface area contributed by atoms with E-state index in [-0.39, 0.29) is 5.91 Å². The molecule has 1 amide bonds. The van der Waals surface area contributed by atoms with Gasteiger partial charge < -0.3 is 5.32 Å². The van der Waals surface area contributed by atoms with Gasteiger partial charge in [0.15, 0.2) is 0 Å². The van der Waals surface area contributed by atoms with Gasteiger partial charge in [0.05, 0.1) is 6.54 Å². The van der Waals surface area contributed by atoms with Crippen LogP contribution in [0, 0.1) is 0 Å². The monoisotopic (exact) mass is 159 g/mol. The lowest BCUT2D eigenvalue weighted by Gasteiger charge is -2.26. The van der Waals surface area contributed by atoms with E-state index in [2.05, 4.69) is 5.32 Å². The standard InChI is InChI=1S/C7H17N3O/c1-5-10(9(3)4)6-7(11)8-2/h5-6H2,1-4H3,(H,8,11). The number of carbonyl (C=O) groups is 1. The Labute approximate surface area is 68.1 Å². The van der Waals surface area contributed by atoms with Crippen LogP contribution in [-0.2, 0) is 4.79 Å². The van der Waals surface area contributed by atoms with Gasteiger partial charge in [-0.3, -0.25) is 4.79 Å². The van der Waals surface area contributed by atoms with Crippen LogP contribution in [0.15, 0.2) is 0 Å². The van der Waals surface area contributed by atoms with Gasteiger partial charge in [-0.05, 0) is 0 Å². The number of amides is 1. The Hall–Kier alpha value is -0.610. The van der Waals surface area contributed by atoms with Gasteiger partial charge in [0, 0.05) is 27.7 Å². The predicted molar refractivity (Wildman–Crippen MR) is 45.0 cm³/mol. The van der Waals surface area contributed by atoms with Crippen molar-refractivity contribution >= 4 is 5.91 Å². The average molecular weight is 159 g/mol. The van der Waals surface area contributed by atoms with E-state index in [0.29, 0.717) is 6.54 Å². The lowest BCUT2D eigenvalue weighted by molar-refractivity contribution is -0.125. The Morgan fingerprint density at radius 3 is 2.27 bits per heavy atom. The third-order valence-electron chi connectivity index (χ3n) is 1.54. The predicted octanol–water partition coefficient (Wildman–Crippen LogP) is -0.469. The van der Waals surface area contributed by atoms with Crippen LogP contribution < -0.4 is 5.32 Å². The molecule has 0 aliphatic heterocycles. The third kappa shape index (κ3) is 3.95. The van der Waals surface area contributed by atoms with Crippen molar-refractivity contribution in [1.29, 1.82) is 0 Å². The summed E-state index contributed by atoms with van der Waals surface area (Å²) < 4.78 is 0. The van der Waals surface area contributed by atoms with Gasteiger partial charge in [0.1, 0.15) is 0 Å². The summed E-state index contributed by atoms with van der Waals surface area (Å²) in [7, 11) is 5.49. The van der Waals surface area contributed by atoms with E-state index in [1.807, 2.05) is 31.0 Å². The summed E-state index contributed by atoms with van der Waals surface area (Å²) in [6.07, 6.45) is 0. The zero-order valence-electron chi connectivity index (χ0n) is 7.72. The average Bonchev–Trinajstić information content (AvgIpc) is 1.99. The van der Waals surface area contributed by atoms with Crippen molar-refractivity contribution in [3.05, 3.63) is 0 Å². The van der Waals surface area contributed by atoms with Gasteiger partial charge >= 0.3 is 0 Å². The topological polar surface area (TPSA) is 35.6 Å². The molecule has 0 spiro atoms. The molecule has 0 unspecified atom stereocenters. The van der Waals surface area contributed by atoms with Crippen molar-refractivity contribution in [2.75, 3.05) is 34.2 Å². The molecular formula is C7H17N3O. The van der Waals surface area contributed by atoms with Crippen LogP contribution in [0.25, 0.3) is 0 Å². The summed E-state index contributed by atoms with van der Waals surface area (Å²) in [6.45, 7) is 3.30. The molecule has 0 saturated heterocycles. The number of hydrogen-bond donors (Lipinski definition) is 1. The SMILES string of the molecule is CCN(CC(=O)NC)N(C)C. The minimum Gasteiger partial charge on any atom is -0.358 e. The van der Waals surface area contributed by atoms with Crippen molar-refractivity contribution in [3.8, 4) is 0 Å². The Bertz CT molecular complexity index is 125. The first-order chi connectivity index (χ1) is 5.11. The highest BCUT2D eigenvalue weighted by Crippen LogP contribution is 1.88. The molecule has 0 fully saturated rings. The van der Waals surface area contributed by atoms with E-state index in [1.54, 1.807) is 7.05 Å². The Morgan fingerprint density at radius 2 is 2.00 bits per heavy atom. The second kappa shape index (κ2) is 5.09. The van der Waals surface area contributed by atoms with E-state index < -0.39 is 0 Å². The van der Waals surface area contributed by atoms with Crippen LogP contribution >= 0.6 is 0 Å². The molecule has 0 aromatic carbocycles. The molecular weight excluding hydrogens is 142 g/mol. The number of rotatable bonds is 4. The molecule has 66 valence electrons. The minimum absolute atomic E-state index is 0.0422. The van der Waals surface area contributed by atoms with Crippen molar-refractivity contribution in [3.63, 3.8) is 0 Å². The first-order valence-electron chi connectivity index (χ1n) is 3.74. The molecule has 0 radical (unpaired) electrons. The van der Waals surface area contributed by atoms with Crippen molar-refractivity contribution in [2.24, 2.45) is 0 Å². The molecule has 1 N–H and O–H groups in total. The molecule has 0 saturated carbocycles. The zero-order chi connectivity index (χ0) is 8.85. The van der Waals surface area contributed by atoms with Crippen LogP contribution in [0.2, 0.25) is 0 Å². The molecule has 0 aromatic rings. The third-order valence-corrected chi connectivity index (χ3v) is 1.54. The van der Waals surface area contributed by atoms with E-state index in [9.17, 15) is 4.79 Å². The number of carbonyl (C=O) groups excluding carboxylic acids is 1. The van der Waals surface area contributed by atoms with Crippen LogP contribution in [0.3, 0.4) is 0 Å². The Morgan fingerprint density at radius 1 is 1.45 bits per heavy atom. The summed E-state index contributed by atoms with van der Waals surface area (Å²) >= 11 is 0. The van der Waals surface area contributed by atoms with Crippen LogP contribution in [0.4, 0.5) is 0 Å². The molecule has 0 bridgehead atoms. The molecule has 0 rings (SSSR count). The first-order valence-corrected chi connectivity index (χ1v) is 3.74. The summed E-state index contributed by atoms with van der Waals surface area (Å²) in [6, 6.07) is 0. The van der Waals surface area contributed by atoms with Gasteiger partial charge in [0.2, 0.25) is 5.91 Å². The van der Waals surface area contributed by atoms with Crippen molar-refractivity contribution in [2.45, 2.75) is 6.92 Å². The quantitative estimate of drug-likeness (QED) is 0.563. The number of nitrogens with one attached hydrogen (secondary N) is 1. The minimum atomic E-state index is 0.0422. The Balaban J connectivity index is 3.78. The molecule has 0 heterocycles. The molecule has 4 heteroatoms. The first kappa shape index (κ1) is 10.4. The maximum absolute atomic E-state index is 10.9. The summed E-state index contributed by atoms with van der Waals surface area (Å²) in [4.78, 5) is 10.9. The summed E-state index contributed by atoms with van der Waals surface area (Å²) in [5, 5.41) is 6.43. The van der Waals surface area contributed by atoms with E-state index in [1.165, 1.54) is 0 Å². The highest BCUT2D eigenvalue weighted by atomic mass is 16.2. The molecule has 0 aliphatic rings. The highest BCUT2D eigenvalue weighted by molar-refractivity contribution is 5.77. The molecule has 0 aliphatic carbocycles. The van der Waals surface area contributed by atoms with Gasteiger partial charge in [-0.15, -0.1) is 0 Å². The molecule has 0 atom stereocenters. The smallest absolute Gasteiger partial charge is 0.235 e.